The van der Waals surface area contributed by atoms with Crippen LogP contribution in [-0.4, -0.2) is 33.2 Å². The van der Waals surface area contributed by atoms with Crippen molar-refractivity contribution in [2.75, 3.05) is 32.1 Å². The Balaban J connectivity index is 2.43. The Bertz CT molecular complexity index is 910. The van der Waals surface area contributed by atoms with Gasteiger partial charge in [0.1, 0.15) is 0 Å². The van der Waals surface area contributed by atoms with Crippen LogP contribution < -0.4 is 15.5 Å². The molecule has 2 N–H and O–H groups in total. The van der Waals surface area contributed by atoms with Gasteiger partial charge in [0.15, 0.2) is 0 Å². The van der Waals surface area contributed by atoms with E-state index >= 15 is 0 Å². The van der Waals surface area contributed by atoms with Crippen LogP contribution in [0.1, 0.15) is 41.8 Å². The molecule has 1 heterocycles. The van der Waals surface area contributed by atoms with Gasteiger partial charge in [-0.1, -0.05) is 58.6 Å². The zero-order valence-corrected chi connectivity index (χ0v) is 19.7. The fourth-order valence-corrected chi connectivity index (χ4v) is 5.20. The number of hydrogen-bond donors (Lipinski definition) is 2. The average Bonchev–Trinajstić information content (AvgIpc) is 2.95. The number of nitrogens with one attached hydrogen (secondary N) is 2. The van der Waals surface area contributed by atoms with Gasteiger partial charge in [0, 0.05) is 31.4 Å². The Morgan fingerprint density at radius 2 is 1.79 bits per heavy atom. The molecule has 0 saturated carbocycles. The van der Waals surface area contributed by atoms with E-state index in [0.717, 1.165) is 5.70 Å². The molecule has 0 amide bonds. The molecule has 1 atom stereocenters. The standard InChI is InChI=1S/C20H23Cl4N3O2/c1-5-27(6-2)17-14(19(26-4)9-7-11(25-3)8-10-19)12-13(15(21)16(17)22)20(23,24)29-18(12)28/h7-9,25-26H,5-6,10H2,1-4H3. The Hall–Kier alpha value is -1.11. The molecule has 1 aliphatic heterocycles. The third-order valence-electron chi connectivity index (χ3n) is 5.52. The topological polar surface area (TPSA) is 53.6 Å². The van der Waals surface area contributed by atoms with E-state index in [1.165, 1.54) is 0 Å². The maximum atomic E-state index is 12.9. The molecule has 1 aromatic carbocycles. The lowest BCUT2D eigenvalue weighted by Crippen LogP contribution is -2.42. The van der Waals surface area contributed by atoms with Crippen molar-refractivity contribution in [3.05, 3.63) is 50.7 Å². The highest BCUT2D eigenvalue weighted by molar-refractivity contribution is 6.52. The normalized spacial score (nSPS) is 22.2. The third kappa shape index (κ3) is 3.51. The van der Waals surface area contributed by atoms with E-state index in [0.29, 0.717) is 35.8 Å². The number of likely N-dealkylation sites (N-methyl/N-ethyl adjacent to an activating group) is 2. The maximum Gasteiger partial charge on any atom is 0.342 e. The molecule has 29 heavy (non-hydrogen) atoms. The highest BCUT2D eigenvalue weighted by Crippen LogP contribution is 2.56. The molecule has 1 aromatic rings. The molecule has 2 aliphatic rings. The van der Waals surface area contributed by atoms with Crippen LogP contribution in [-0.2, 0) is 14.8 Å². The first kappa shape index (κ1) is 22.6. The van der Waals surface area contributed by atoms with Gasteiger partial charge < -0.3 is 20.3 Å². The van der Waals surface area contributed by atoms with Gasteiger partial charge >= 0.3 is 5.97 Å². The minimum atomic E-state index is -1.90. The van der Waals surface area contributed by atoms with Gasteiger partial charge in [0.25, 0.3) is 4.52 Å². The molecular weight excluding hydrogens is 456 g/mol. The quantitative estimate of drug-likeness (QED) is 0.441. The van der Waals surface area contributed by atoms with Gasteiger partial charge in [0.2, 0.25) is 0 Å². The predicted octanol–water partition coefficient (Wildman–Crippen LogP) is 5.08. The van der Waals surface area contributed by atoms with Crippen LogP contribution in [0.25, 0.3) is 0 Å². The number of alkyl halides is 2. The van der Waals surface area contributed by atoms with Crippen LogP contribution in [0.2, 0.25) is 10.0 Å². The summed E-state index contributed by atoms with van der Waals surface area (Å²) in [6.07, 6.45) is 6.57. The largest absolute Gasteiger partial charge is 0.421 e. The van der Waals surface area contributed by atoms with E-state index in [1.807, 2.05) is 46.2 Å². The predicted molar refractivity (Wildman–Crippen MR) is 120 cm³/mol. The van der Waals surface area contributed by atoms with E-state index in [2.05, 4.69) is 15.5 Å². The average molecular weight is 479 g/mol. The van der Waals surface area contributed by atoms with Gasteiger partial charge in [0.05, 0.1) is 32.4 Å². The first-order chi connectivity index (χ1) is 13.7. The van der Waals surface area contributed by atoms with E-state index in [1.54, 1.807) is 0 Å². The number of anilines is 1. The van der Waals surface area contributed by atoms with E-state index < -0.39 is 16.0 Å². The molecule has 5 nitrogen and oxygen atoms in total. The number of cyclic esters (lactones) is 1. The van der Waals surface area contributed by atoms with E-state index in [9.17, 15) is 4.79 Å². The van der Waals surface area contributed by atoms with Gasteiger partial charge in [-0.05, 0) is 33.4 Å². The van der Waals surface area contributed by atoms with Gasteiger partial charge in [-0.15, -0.1) is 0 Å². The third-order valence-corrected chi connectivity index (χ3v) is 6.90. The van der Waals surface area contributed by atoms with Crippen molar-refractivity contribution in [3.63, 3.8) is 0 Å². The Labute approximate surface area is 190 Å². The Morgan fingerprint density at radius 1 is 1.14 bits per heavy atom. The zero-order valence-electron chi connectivity index (χ0n) is 16.6. The second-order valence-corrected chi connectivity index (χ2v) is 8.86. The molecule has 9 heteroatoms. The lowest BCUT2D eigenvalue weighted by molar-refractivity contribution is 0.0446. The second-order valence-electron chi connectivity index (χ2n) is 6.85. The van der Waals surface area contributed by atoms with Crippen molar-refractivity contribution in [2.24, 2.45) is 0 Å². The first-order valence-electron chi connectivity index (χ1n) is 9.35. The summed E-state index contributed by atoms with van der Waals surface area (Å²) in [5.41, 5.74) is 2.02. The molecule has 0 bridgehead atoms. The van der Waals surface area contributed by atoms with Gasteiger partial charge in [-0.3, -0.25) is 0 Å². The fourth-order valence-electron chi connectivity index (χ4n) is 3.96. The van der Waals surface area contributed by atoms with Crippen molar-refractivity contribution in [1.29, 1.82) is 0 Å². The van der Waals surface area contributed by atoms with Crippen LogP contribution >= 0.6 is 46.4 Å². The van der Waals surface area contributed by atoms with E-state index in [4.69, 9.17) is 51.1 Å². The number of carbonyl (C=O) groups is 1. The summed E-state index contributed by atoms with van der Waals surface area (Å²) >= 11 is 26.0. The smallest absolute Gasteiger partial charge is 0.342 e. The van der Waals surface area contributed by atoms with Crippen molar-refractivity contribution < 1.29 is 9.53 Å². The number of benzene rings is 1. The number of esters is 1. The zero-order chi connectivity index (χ0) is 21.6. The number of rotatable bonds is 6. The summed E-state index contributed by atoms with van der Waals surface area (Å²) in [5.74, 6) is -0.626. The molecule has 0 radical (unpaired) electrons. The lowest BCUT2D eigenvalue weighted by atomic mass is 9.78. The van der Waals surface area contributed by atoms with Gasteiger partial charge in [-0.2, -0.15) is 0 Å². The second kappa shape index (κ2) is 8.20. The maximum absolute atomic E-state index is 12.9. The Kier molecular flexibility index (Phi) is 6.38. The van der Waals surface area contributed by atoms with Crippen LogP contribution in [0.15, 0.2) is 23.9 Å². The van der Waals surface area contributed by atoms with E-state index in [-0.39, 0.29) is 16.1 Å². The minimum Gasteiger partial charge on any atom is -0.421 e. The number of ether oxygens (including phenoxy) is 1. The monoisotopic (exact) mass is 477 g/mol. The molecular formula is C20H23Cl4N3O2. The molecule has 0 aromatic heterocycles. The summed E-state index contributed by atoms with van der Waals surface area (Å²) in [4.78, 5) is 15.0. The summed E-state index contributed by atoms with van der Waals surface area (Å²) < 4.78 is 3.37. The van der Waals surface area contributed by atoms with Crippen LogP contribution in [0.4, 0.5) is 5.69 Å². The summed E-state index contributed by atoms with van der Waals surface area (Å²) in [6.45, 7) is 5.36. The van der Waals surface area contributed by atoms with Crippen molar-refractivity contribution >= 4 is 58.1 Å². The van der Waals surface area contributed by atoms with Crippen molar-refractivity contribution in [3.8, 4) is 0 Å². The minimum absolute atomic E-state index is 0.126. The van der Waals surface area contributed by atoms with Crippen molar-refractivity contribution in [1.82, 2.24) is 10.6 Å². The molecule has 0 spiro atoms. The molecule has 3 rings (SSSR count). The molecule has 0 fully saturated rings. The SMILES string of the molecule is CCN(CC)c1c(Cl)c(Cl)c2c(c1C1(NC)C=CC(NC)=CC1)C(=O)OC2(Cl)Cl. The number of carbonyl (C=O) groups excluding carboxylic acids is 1. The lowest BCUT2D eigenvalue weighted by Gasteiger charge is -2.38. The number of fused-ring (bicyclic) bond motifs is 1. The first-order valence-corrected chi connectivity index (χ1v) is 10.9. The molecule has 1 aliphatic carbocycles. The number of hydrogen-bond acceptors (Lipinski definition) is 5. The van der Waals surface area contributed by atoms with Crippen molar-refractivity contribution in [2.45, 2.75) is 30.3 Å². The van der Waals surface area contributed by atoms with Crippen LogP contribution in [0.5, 0.6) is 0 Å². The fraction of sp³-hybridized carbons (Fsp3) is 0.450. The molecule has 0 saturated heterocycles. The summed E-state index contributed by atoms with van der Waals surface area (Å²) in [7, 11) is 3.69. The number of halogens is 4. The highest BCUT2D eigenvalue weighted by Gasteiger charge is 2.51. The molecule has 158 valence electrons. The Morgan fingerprint density at radius 3 is 2.28 bits per heavy atom. The molecule has 1 unspecified atom stereocenters. The number of nitrogens with zero attached hydrogens (tertiary/aromatic N) is 1. The van der Waals surface area contributed by atoms with Crippen LogP contribution in [0.3, 0.4) is 0 Å². The summed E-state index contributed by atoms with van der Waals surface area (Å²) in [6, 6.07) is 0. The van der Waals surface area contributed by atoms with Gasteiger partial charge in [-0.25, -0.2) is 4.79 Å². The number of allylic oxidation sites excluding steroid dienone is 1. The highest BCUT2D eigenvalue weighted by atomic mass is 35.5. The van der Waals surface area contributed by atoms with Crippen LogP contribution in [0, 0.1) is 0 Å². The summed E-state index contributed by atoms with van der Waals surface area (Å²) in [5, 5.41) is 6.91.